The van der Waals surface area contributed by atoms with E-state index in [0.29, 0.717) is 11.5 Å². The van der Waals surface area contributed by atoms with Gasteiger partial charge in [0.15, 0.2) is 0 Å². The number of carboxylic acid groups (broad SMARTS) is 1. The quantitative estimate of drug-likeness (QED) is 0.882. The number of para-hydroxylation sites is 1. The summed E-state index contributed by atoms with van der Waals surface area (Å²) in [7, 11) is 0. The second-order valence-corrected chi connectivity index (χ2v) is 6.14. The first kappa shape index (κ1) is 15.1. The Bertz CT molecular complexity index is 666. The number of carboxylic acids is 1. The van der Waals surface area contributed by atoms with Crippen molar-refractivity contribution >= 4 is 5.97 Å². The van der Waals surface area contributed by atoms with Gasteiger partial charge in [-0.3, -0.25) is 0 Å². The summed E-state index contributed by atoms with van der Waals surface area (Å²) in [4.78, 5) is 11.3. The minimum absolute atomic E-state index is 0.0146. The monoisotopic (exact) mass is 284 g/mol. The third-order valence-corrected chi connectivity index (χ3v) is 3.36. The van der Waals surface area contributed by atoms with Gasteiger partial charge in [-0.2, -0.15) is 0 Å². The van der Waals surface area contributed by atoms with E-state index >= 15 is 0 Å². The van der Waals surface area contributed by atoms with Gasteiger partial charge in [-0.25, -0.2) is 4.79 Å². The molecule has 0 saturated heterocycles. The predicted molar refractivity (Wildman–Crippen MR) is 83.4 cm³/mol. The molecule has 0 amide bonds. The van der Waals surface area contributed by atoms with Gasteiger partial charge >= 0.3 is 5.97 Å². The van der Waals surface area contributed by atoms with E-state index in [4.69, 9.17) is 4.74 Å². The smallest absolute Gasteiger partial charge is 0.339 e. The Morgan fingerprint density at radius 2 is 1.76 bits per heavy atom. The van der Waals surface area contributed by atoms with Crippen LogP contribution in [0.2, 0.25) is 0 Å². The Morgan fingerprint density at radius 3 is 2.38 bits per heavy atom. The fourth-order valence-electron chi connectivity index (χ4n) is 2.10. The van der Waals surface area contributed by atoms with Crippen molar-refractivity contribution in [2.45, 2.75) is 33.1 Å². The van der Waals surface area contributed by atoms with E-state index in [-0.39, 0.29) is 11.0 Å². The number of aryl methyl sites for hydroxylation is 1. The minimum atomic E-state index is -0.985. The van der Waals surface area contributed by atoms with Gasteiger partial charge in [0.2, 0.25) is 0 Å². The summed E-state index contributed by atoms with van der Waals surface area (Å²) in [6, 6.07) is 12.9. The summed E-state index contributed by atoms with van der Waals surface area (Å²) in [6.07, 6.45) is 0. The third-order valence-electron chi connectivity index (χ3n) is 3.36. The summed E-state index contributed by atoms with van der Waals surface area (Å²) >= 11 is 0. The molecule has 21 heavy (non-hydrogen) atoms. The third kappa shape index (κ3) is 3.43. The highest BCUT2D eigenvalue weighted by Gasteiger charge is 2.17. The first-order valence-corrected chi connectivity index (χ1v) is 6.90. The van der Waals surface area contributed by atoms with Crippen LogP contribution < -0.4 is 4.74 Å². The second kappa shape index (κ2) is 5.60. The molecule has 0 heterocycles. The molecule has 3 heteroatoms. The van der Waals surface area contributed by atoms with Gasteiger partial charge in [0.1, 0.15) is 17.1 Å². The molecule has 2 aromatic rings. The lowest BCUT2D eigenvalue weighted by Crippen LogP contribution is -2.10. The van der Waals surface area contributed by atoms with E-state index in [0.717, 1.165) is 11.1 Å². The molecule has 2 aromatic carbocycles. The summed E-state index contributed by atoms with van der Waals surface area (Å²) in [6.45, 7) is 8.23. The highest BCUT2D eigenvalue weighted by molar-refractivity contribution is 5.91. The van der Waals surface area contributed by atoms with Crippen molar-refractivity contribution in [2.24, 2.45) is 0 Å². The second-order valence-electron chi connectivity index (χ2n) is 6.14. The number of aromatic carboxylic acids is 1. The van der Waals surface area contributed by atoms with Gasteiger partial charge in [0, 0.05) is 0 Å². The van der Waals surface area contributed by atoms with Gasteiger partial charge in [-0.15, -0.1) is 0 Å². The van der Waals surface area contributed by atoms with Crippen LogP contribution in [-0.2, 0) is 5.41 Å². The first-order chi connectivity index (χ1) is 9.79. The zero-order valence-corrected chi connectivity index (χ0v) is 12.8. The standard InChI is InChI=1S/C18H20O3/c1-12-7-5-10-15(17(19)20)16(12)21-14-9-6-8-13(11-14)18(2,3)4/h5-11H,1-4H3,(H,19,20). The van der Waals surface area contributed by atoms with E-state index in [1.54, 1.807) is 12.1 Å². The highest BCUT2D eigenvalue weighted by atomic mass is 16.5. The van der Waals surface area contributed by atoms with Crippen molar-refractivity contribution in [2.75, 3.05) is 0 Å². The van der Waals surface area contributed by atoms with Crippen LogP contribution in [0.3, 0.4) is 0 Å². The van der Waals surface area contributed by atoms with E-state index < -0.39 is 5.97 Å². The van der Waals surface area contributed by atoms with Crippen LogP contribution >= 0.6 is 0 Å². The van der Waals surface area contributed by atoms with Crippen molar-refractivity contribution < 1.29 is 14.6 Å². The molecule has 0 spiro atoms. The Hall–Kier alpha value is -2.29. The normalized spacial score (nSPS) is 11.2. The molecule has 0 radical (unpaired) electrons. The van der Waals surface area contributed by atoms with Crippen molar-refractivity contribution in [3.63, 3.8) is 0 Å². The topological polar surface area (TPSA) is 46.5 Å². The molecule has 0 aliphatic rings. The molecule has 0 aliphatic carbocycles. The SMILES string of the molecule is Cc1cccc(C(=O)O)c1Oc1cccc(C(C)(C)C)c1. The van der Waals surface area contributed by atoms with E-state index in [2.05, 4.69) is 20.8 Å². The van der Waals surface area contributed by atoms with Crippen LogP contribution in [0.15, 0.2) is 42.5 Å². The van der Waals surface area contributed by atoms with Crippen molar-refractivity contribution in [1.29, 1.82) is 0 Å². The summed E-state index contributed by atoms with van der Waals surface area (Å²) in [5.74, 6) is 0.0657. The van der Waals surface area contributed by atoms with E-state index in [9.17, 15) is 9.90 Å². The lowest BCUT2D eigenvalue weighted by Gasteiger charge is -2.20. The van der Waals surface area contributed by atoms with E-state index in [1.165, 1.54) is 0 Å². The van der Waals surface area contributed by atoms with Crippen LogP contribution in [-0.4, -0.2) is 11.1 Å². The van der Waals surface area contributed by atoms with Crippen LogP contribution in [0.25, 0.3) is 0 Å². The Morgan fingerprint density at radius 1 is 1.10 bits per heavy atom. The predicted octanol–water partition coefficient (Wildman–Crippen LogP) is 4.78. The molecule has 0 atom stereocenters. The largest absolute Gasteiger partial charge is 0.478 e. The van der Waals surface area contributed by atoms with Gasteiger partial charge in [0.05, 0.1) is 0 Å². The average molecular weight is 284 g/mol. The van der Waals surface area contributed by atoms with Crippen molar-refractivity contribution in [1.82, 2.24) is 0 Å². The molecule has 0 saturated carbocycles. The van der Waals surface area contributed by atoms with Crippen molar-refractivity contribution in [3.8, 4) is 11.5 Å². The summed E-state index contributed by atoms with van der Waals surface area (Å²) < 4.78 is 5.86. The molecule has 0 unspecified atom stereocenters. The number of carbonyl (C=O) groups is 1. The zero-order chi connectivity index (χ0) is 15.6. The van der Waals surface area contributed by atoms with Crippen molar-refractivity contribution in [3.05, 3.63) is 59.2 Å². The molecule has 0 aliphatic heterocycles. The van der Waals surface area contributed by atoms with Crippen LogP contribution in [0.5, 0.6) is 11.5 Å². The van der Waals surface area contributed by atoms with Gasteiger partial charge in [-0.05, 0) is 41.7 Å². The molecule has 0 bridgehead atoms. The molecule has 0 aromatic heterocycles. The van der Waals surface area contributed by atoms with Crippen LogP contribution in [0, 0.1) is 6.92 Å². The number of hydrogen-bond donors (Lipinski definition) is 1. The minimum Gasteiger partial charge on any atom is -0.478 e. The van der Waals surface area contributed by atoms with Gasteiger partial charge < -0.3 is 9.84 Å². The van der Waals surface area contributed by atoms with Gasteiger partial charge in [-0.1, -0.05) is 45.0 Å². The molecule has 0 fully saturated rings. The Labute approximate surface area is 125 Å². The maximum absolute atomic E-state index is 11.3. The fraction of sp³-hybridized carbons (Fsp3) is 0.278. The Kier molecular flexibility index (Phi) is 4.03. The molecule has 3 nitrogen and oxygen atoms in total. The summed E-state index contributed by atoms with van der Waals surface area (Å²) in [5, 5.41) is 9.27. The summed E-state index contributed by atoms with van der Waals surface area (Å²) in [5.41, 5.74) is 2.14. The number of rotatable bonds is 3. The maximum atomic E-state index is 11.3. The first-order valence-electron chi connectivity index (χ1n) is 6.90. The van der Waals surface area contributed by atoms with Gasteiger partial charge in [0.25, 0.3) is 0 Å². The van der Waals surface area contributed by atoms with Crippen LogP contribution in [0.4, 0.5) is 0 Å². The fourth-order valence-corrected chi connectivity index (χ4v) is 2.10. The molecule has 1 N–H and O–H groups in total. The molecular formula is C18H20O3. The molecule has 2 rings (SSSR count). The van der Waals surface area contributed by atoms with Crippen LogP contribution in [0.1, 0.15) is 42.3 Å². The number of hydrogen-bond acceptors (Lipinski definition) is 2. The lowest BCUT2D eigenvalue weighted by molar-refractivity contribution is 0.0694. The Balaban J connectivity index is 2.42. The number of benzene rings is 2. The number of ether oxygens (including phenoxy) is 1. The molecule has 110 valence electrons. The highest BCUT2D eigenvalue weighted by Crippen LogP contribution is 2.32. The zero-order valence-electron chi connectivity index (χ0n) is 12.8. The maximum Gasteiger partial charge on any atom is 0.339 e. The lowest BCUT2D eigenvalue weighted by atomic mass is 9.87. The average Bonchev–Trinajstić information content (AvgIpc) is 2.40. The van der Waals surface area contributed by atoms with E-state index in [1.807, 2.05) is 37.3 Å². The molecular weight excluding hydrogens is 264 g/mol.